The predicted molar refractivity (Wildman–Crippen MR) is 94.0 cm³/mol. The summed E-state index contributed by atoms with van der Waals surface area (Å²) in [5, 5.41) is 10.7. The molecule has 0 radical (unpaired) electrons. The van der Waals surface area contributed by atoms with Crippen molar-refractivity contribution in [2.24, 2.45) is 0 Å². The number of hydrogen-bond donors (Lipinski definition) is 0. The molecule has 1 nitrogen and oxygen atoms in total. The Hall–Kier alpha value is 1.63. The molecule has 4 heteroatoms. The fraction of sp³-hybridized carbons (Fsp3) is 1.00. The molecule has 0 unspecified atom stereocenters. The van der Waals surface area contributed by atoms with Crippen molar-refractivity contribution in [3.05, 3.63) is 0 Å². The van der Waals surface area contributed by atoms with Crippen molar-refractivity contribution in [2.45, 2.75) is 103 Å². The van der Waals surface area contributed by atoms with E-state index in [0.717, 1.165) is 6.42 Å². The van der Waals surface area contributed by atoms with E-state index in [-0.39, 0.29) is 37.7 Å². The minimum Gasteiger partial charge on any atom is -0.897 e. The van der Waals surface area contributed by atoms with Crippen molar-refractivity contribution >= 4 is 56.4 Å². The van der Waals surface area contributed by atoms with Crippen molar-refractivity contribution in [1.82, 2.24) is 0 Å². The summed E-state index contributed by atoms with van der Waals surface area (Å²) >= 11 is 4.62. The maximum atomic E-state index is 10.7. The largest absolute Gasteiger partial charge is 2.00 e. The Morgan fingerprint density at radius 1 is 0.650 bits per heavy atom. The Bertz CT molecular complexity index is 171. The standard InChI is InChI=1S/C16H33BOS.Ca/c1-2-3-4-5-6-7-8-9-10-11-12-13-14-15-16-17(18)19;/h2-16H2,1H3;/q-2;+2. The van der Waals surface area contributed by atoms with E-state index in [1.165, 1.54) is 83.5 Å². The Morgan fingerprint density at radius 3 is 1.25 bits per heavy atom. The molecule has 0 aromatic rings. The zero-order chi connectivity index (χ0) is 14.2. The van der Waals surface area contributed by atoms with Crippen LogP contribution in [0.15, 0.2) is 0 Å². The van der Waals surface area contributed by atoms with Gasteiger partial charge in [0.2, 0.25) is 0 Å². The molecule has 0 amide bonds. The van der Waals surface area contributed by atoms with Crippen LogP contribution in [0.5, 0.6) is 0 Å². The maximum Gasteiger partial charge on any atom is 2.00 e. The summed E-state index contributed by atoms with van der Waals surface area (Å²) in [6.07, 6.45) is 18.9. The first-order valence-corrected chi connectivity index (χ1v) is 9.06. The van der Waals surface area contributed by atoms with Gasteiger partial charge in [-0.1, -0.05) is 96.8 Å². The monoisotopic (exact) mass is 324 g/mol. The molecule has 0 spiro atoms. The van der Waals surface area contributed by atoms with Crippen LogP contribution >= 0.6 is 0 Å². The van der Waals surface area contributed by atoms with E-state index in [4.69, 9.17) is 0 Å². The van der Waals surface area contributed by atoms with Gasteiger partial charge >= 0.3 is 37.7 Å². The molecule has 0 saturated carbocycles. The van der Waals surface area contributed by atoms with Crippen LogP contribution < -0.4 is 5.02 Å². The van der Waals surface area contributed by atoms with Gasteiger partial charge in [-0.25, -0.2) is 0 Å². The third kappa shape index (κ3) is 21.9. The van der Waals surface area contributed by atoms with Gasteiger partial charge in [0.15, 0.2) is 0 Å². The molecule has 114 valence electrons. The third-order valence-corrected chi connectivity index (χ3v) is 4.03. The Labute approximate surface area is 163 Å². The summed E-state index contributed by atoms with van der Waals surface area (Å²) < 4.78 is 0. The molecular weight excluding hydrogens is 291 g/mol. The smallest absolute Gasteiger partial charge is 0.897 e. The minimum atomic E-state index is -0.766. The number of hydrogen-bond acceptors (Lipinski definition) is 2. The van der Waals surface area contributed by atoms with Gasteiger partial charge in [0.25, 0.3) is 0 Å². The summed E-state index contributed by atoms with van der Waals surface area (Å²) in [4.78, 5) is 0. The third-order valence-electron chi connectivity index (χ3n) is 3.79. The molecule has 0 aliphatic heterocycles. The van der Waals surface area contributed by atoms with Gasteiger partial charge in [-0.05, 0) is 0 Å². The summed E-state index contributed by atoms with van der Waals surface area (Å²) in [5.74, 6) is 0. The topological polar surface area (TPSA) is 23.1 Å². The molecule has 0 rings (SSSR count). The van der Waals surface area contributed by atoms with Crippen molar-refractivity contribution in [3.8, 4) is 0 Å². The first kappa shape index (κ1) is 23.9. The second-order valence-electron chi connectivity index (χ2n) is 5.81. The van der Waals surface area contributed by atoms with Crippen molar-refractivity contribution in [1.29, 1.82) is 0 Å². The van der Waals surface area contributed by atoms with Crippen LogP contribution in [0.4, 0.5) is 0 Å². The zero-order valence-corrected chi connectivity index (χ0v) is 16.7. The molecule has 0 atom stereocenters. The van der Waals surface area contributed by atoms with Crippen LogP contribution in [0.3, 0.4) is 0 Å². The molecule has 0 aromatic heterocycles. The Kier molecular flexibility index (Phi) is 24.7. The van der Waals surface area contributed by atoms with Gasteiger partial charge in [-0.3, -0.25) is 0 Å². The van der Waals surface area contributed by atoms with E-state index >= 15 is 0 Å². The van der Waals surface area contributed by atoms with Gasteiger partial charge in [-0.2, -0.15) is 6.19 Å². The predicted octanol–water partition coefficient (Wildman–Crippen LogP) is 4.48. The first-order chi connectivity index (χ1) is 9.27. The van der Waals surface area contributed by atoms with Crippen molar-refractivity contribution < 1.29 is 5.02 Å². The molecule has 0 bridgehead atoms. The zero-order valence-electron chi connectivity index (χ0n) is 13.7. The van der Waals surface area contributed by atoms with Crippen LogP contribution in [0.2, 0.25) is 6.32 Å². The molecule has 0 N–H and O–H groups in total. The molecule has 0 heterocycles. The Morgan fingerprint density at radius 2 is 0.950 bits per heavy atom. The molecular formula is C16H33BCaOS. The van der Waals surface area contributed by atoms with Crippen LogP contribution in [-0.2, 0) is 12.5 Å². The quantitative estimate of drug-likeness (QED) is 0.252. The van der Waals surface area contributed by atoms with Gasteiger partial charge in [-0.15, -0.1) is 6.32 Å². The second-order valence-corrected chi connectivity index (χ2v) is 6.34. The van der Waals surface area contributed by atoms with Crippen molar-refractivity contribution in [3.63, 3.8) is 0 Å². The summed E-state index contributed by atoms with van der Waals surface area (Å²) in [5.41, 5.74) is 0. The minimum absolute atomic E-state index is 0. The average Bonchev–Trinajstić information content (AvgIpc) is 2.39. The summed E-state index contributed by atoms with van der Waals surface area (Å²) in [7, 11) is 0. The molecule has 0 saturated heterocycles. The van der Waals surface area contributed by atoms with Crippen LogP contribution in [0.25, 0.3) is 0 Å². The normalized spacial score (nSPS) is 10.3. The molecule has 0 fully saturated rings. The van der Waals surface area contributed by atoms with Gasteiger partial charge < -0.3 is 17.5 Å². The van der Waals surface area contributed by atoms with Crippen LogP contribution in [0.1, 0.15) is 96.8 Å². The SMILES string of the molecule is CCCCCCCCCCCCCCCCB([O-])[S-].[Ca+2]. The van der Waals surface area contributed by atoms with Crippen LogP contribution in [-0.4, -0.2) is 43.9 Å². The van der Waals surface area contributed by atoms with E-state index in [1.807, 2.05) is 0 Å². The van der Waals surface area contributed by atoms with E-state index in [2.05, 4.69) is 19.4 Å². The van der Waals surface area contributed by atoms with E-state index < -0.39 is 6.19 Å². The van der Waals surface area contributed by atoms with E-state index in [9.17, 15) is 5.02 Å². The number of unbranched alkanes of at least 4 members (excludes halogenated alkanes) is 13. The summed E-state index contributed by atoms with van der Waals surface area (Å²) in [6.45, 7) is 2.27. The van der Waals surface area contributed by atoms with Gasteiger partial charge in [0, 0.05) is 0 Å². The van der Waals surface area contributed by atoms with E-state index in [0.29, 0.717) is 6.32 Å². The fourth-order valence-corrected chi connectivity index (χ4v) is 2.67. The molecule has 0 aromatic carbocycles. The average molecular weight is 324 g/mol. The first-order valence-electron chi connectivity index (χ1n) is 8.59. The Balaban J connectivity index is 0. The molecule has 0 aliphatic rings. The molecule has 0 aliphatic carbocycles. The second kappa shape index (κ2) is 20.6. The number of rotatable bonds is 15. The van der Waals surface area contributed by atoms with E-state index in [1.54, 1.807) is 0 Å². The molecule has 20 heavy (non-hydrogen) atoms. The van der Waals surface area contributed by atoms with Gasteiger partial charge in [0.05, 0.1) is 0 Å². The maximum absolute atomic E-state index is 10.7. The van der Waals surface area contributed by atoms with Gasteiger partial charge in [0.1, 0.15) is 0 Å². The fourth-order valence-electron chi connectivity index (χ4n) is 2.51. The van der Waals surface area contributed by atoms with Crippen molar-refractivity contribution in [2.75, 3.05) is 0 Å². The van der Waals surface area contributed by atoms with Crippen LogP contribution in [0, 0.1) is 0 Å². The summed E-state index contributed by atoms with van der Waals surface area (Å²) in [6, 6.07) is 0.